The van der Waals surface area contributed by atoms with Crippen LogP contribution >= 0.6 is 0 Å². The Bertz CT molecular complexity index is 601. The van der Waals surface area contributed by atoms with Crippen molar-refractivity contribution in [2.75, 3.05) is 34.3 Å². The van der Waals surface area contributed by atoms with Crippen molar-refractivity contribution in [1.82, 2.24) is 8.61 Å². The molecule has 0 unspecified atom stereocenters. The molecule has 0 aliphatic carbocycles. The van der Waals surface area contributed by atoms with Crippen LogP contribution in [-0.2, 0) is 19.7 Å². The summed E-state index contributed by atoms with van der Waals surface area (Å²) in [6, 6.07) is 9.47. The molecule has 21 heavy (non-hydrogen) atoms. The van der Waals surface area contributed by atoms with E-state index < -0.39 is 16.1 Å². The highest BCUT2D eigenvalue weighted by atomic mass is 32.2. The zero-order chi connectivity index (χ0) is 15.6. The number of ether oxygens (including phenoxy) is 1. The smallest absolute Gasteiger partial charge is 0.310 e. The van der Waals surface area contributed by atoms with Crippen LogP contribution in [0.2, 0.25) is 0 Å². The largest absolute Gasteiger partial charge is 0.469 e. The van der Waals surface area contributed by atoms with E-state index in [2.05, 4.69) is 0 Å². The van der Waals surface area contributed by atoms with Crippen LogP contribution < -0.4 is 0 Å². The monoisotopic (exact) mass is 312 g/mol. The molecule has 7 heteroatoms. The van der Waals surface area contributed by atoms with Crippen molar-refractivity contribution in [3.63, 3.8) is 0 Å². The van der Waals surface area contributed by atoms with Crippen molar-refractivity contribution in [1.29, 1.82) is 0 Å². The summed E-state index contributed by atoms with van der Waals surface area (Å²) in [5.41, 5.74) is 0.948. The van der Waals surface area contributed by atoms with Gasteiger partial charge < -0.3 is 4.74 Å². The first-order valence-electron chi connectivity index (χ1n) is 6.68. The Labute approximate surface area is 125 Å². The minimum absolute atomic E-state index is 0.146. The number of hydrogen-bond donors (Lipinski definition) is 0. The molecule has 0 aromatic heterocycles. The summed E-state index contributed by atoms with van der Waals surface area (Å²) in [7, 11) is 0.762. The molecule has 0 saturated carbocycles. The number of benzene rings is 1. The predicted octanol–water partition coefficient (Wildman–Crippen LogP) is 0.681. The van der Waals surface area contributed by atoms with Gasteiger partial charge in [0.15, 0.2) is 0 Å². The SMILES string of the molecule is COC(=O)[C@@H]1CN(S(=O)(=O)N(C)C)C[C@H]1c1ccccc1. The maximum absolute atomic E-state index is 12.3. The first kappa shape index (κ1) is 15.9. The molecule has 6 nitrogen and oxygen atoms in total. The van der Waals surface area contributed by atoms with E-state index in [0.717, 1.165) is 9.87 Å². The minimum atomic E-state index is -3.53. The third-order valence-electron chi connectivity index (χ3n) is 3.81. The number of rotatable bonds is 4. The number of carbonyl (C=O) groups is 1. The fourth-order valence-electron chi connectivity index (χ4n) is 2.62. The van der Waals surface area contributed by atoms with Gasteiger partial charge in [-0.25, -0.2) is 0 Å². The molecule has 1 aliphatic rings. The molecular formula is C14H20N2O4S. The van der Waals surface area contributed by atoms with E-state index in [1.165, 1.54) is 25.5 Å². The molecule has 0 spiro atoms. The van der Waals surface area contributed by atoms with Gasteiger partial charge in [0, 0.05) is 33.1 Å². The van der Waals surface area contributed by atoms with E-state index >= 15 is 0 Å². The van der Waals surface area contributed by atoms with Crippen molar-refractivity contribution in [3.8, 4) is 0 Å². The molecule has 1 fully saturated rings. The normalized spacial score (nSPS) is 23.4. The Morgan fingerprint density at radius 2 is 1.86 bits per heavy atom. The van der Waals surface area contributed by atoms with Crippen LogP contribution in [0.1, 0.15) is 11.5 Å². The summed E-state index contributed by atoms with van der Waals surface area (Å²) in [6.07, 6.45) is 0. The van der Waals surface area contributed by atoms with E-state index in [-0.39, 0.29) is 25.0 Å². The van der Waals surface area contributed by atoms with Crippen molar-refractivity contribution in [3.05, 3.63) is 35.9 Å². The Kier molecular flexibility index (Phi) is 4.65. The first-order chi connectivity index (χ1) is 9.87. The van der Waals surface area contributed by atoms with E-state index in [1.54, 1.807) is 0 Å². The second-order valence-corrected chi connectivity index (χ2v) is 7.40. The molecule has 1 aromatic carbocycles. The molecule has 0 amide bonds. The van der Waals surface area contributed by atoms with Crippen molar-refractivity contribution < 1.29 is 17.9 Å². The lowest BCUT2D eigenvalue weighted by Crippen LogP contribution is -2.39. The Hall–Kier alpha value is -1.44. The molecule has 0 bridgehead atoms. The topological polar surface area (TPSA) is 66.9 Å². The highest BCUT2D eigenvalue weighted by Gasteiger charge is 2.44. The number of carbonyl (C=O) groups excluding carboxylic acids is 1. The molecule has 1 heterocycles. The van der Waals surface area contributed by atoms with Gasteiger partial charge in [-0.05, 0) is 5.56 Å². The number of esters is 1. The zero-order valence-electron chi connectivity index (χ0n) is 12.4. The van der Waals surface area contributed by atoms with Crippen LogP contribution in [0.4, 0.5) is 0 Å². The fraction of sp³-hybridized carbons (Fsp3) is 0.500. The molecule has 116 valence electrons. The summed E-state index contributed by atoms with van der Waals surface area (Å²) in [4.78, 5) is 12.0. The maximum Gasteiger partial charge on any atom is 0.310 e. The Balaban J connectivity index is 2.33. The zero-order valence-corrected chi connectivity index (χ0v) is 13.2. The van der Waals surface area contributed by atoms with Gasteiger partial charge in [-0.1, -0.05) is 30.3 Å². The fourth-order valence-corrected chi connectivity index (χ4v) is 3.78. The summed E-state index contributed by atoms with van der Waals surface area (Å²) in [6.45, 7) is 0.428. The number of nitrogens with zero attached hydrogens (tertiary/aromatic N) is 2. The molecule has 1 aromatic rings. The van der Waals surface area contributed by atoms with Gasteiger partial charge in [0.05, 0.1) is 13.0 Å². The summed E-state index contributed by atoms with van der Waals surface area (Å²) in [5.74, 6) is -1.04. The Morgan fingerprint density at radius 1 is 1.24 bits per heavy atom. The van der Waals surface area contributed by atoms with Gasteiger partial charge in [-0.3, -0.25) is 4.79 Å². The third kappa shape index (κ3) is 3.09. The molecule has 2 atom stereocenters. The molecular weight excluding hydrogens is 292 g/mol. The van der Waals surface area contributed by atoms with Gasteiger partial charge in [0.1, 0.15) is 0 Å². The van der Waals surface area contributed by atoms with Crippen LogP contribution in [0, 0.1) is 5.92 Å². The van der Waals surface area contributed by atoms with Crippen LogP contribution in [0.5, 0.6) is 0 Å². The van der Waals surface area contributed by atoms with Gasteiger partial charge >= 0.3 is 5.97 Å². The summed E-state index contributed by atoms with van der Waals surface area (Å²) >= 11 is 0. The Morgan fingerprint density at radius 3 is 2.38 bits per heavy atom. The van der Waals surface area contributed by atoms with Crippen LogP contribution in [-0.4, -0.2) is 57.3 Å². The number of hydrogen-bond acceptors (Lipinski definition) is 4. The van der Waals surface area contributed by atoms with Crippen LogP contribution in [0.3, 0.4) is 0 Å². The van der Waals surface area contributed by atoms with Gasteiger partial charge in [0.2, 0.25) is 0 Å². The number of methoxy groups -OCH3 is 1. The molecule has 0 N–H and O–H groups in total. The first-order valence-corrected chi connectivity index (χ1v) is 8.08. The third-order valence-corrected chi connectivity index (χ3v) is 5.68. The van der Waals surface area contributed by atoms with Gasteiger partial charge in [-0.2, -0.15) is 17.0 Å². The van der Waals surface area contributed by atoms with Crippen molar-refractivity contribution >= 4 is 16.2 Å². The highest BCUT2D eigenvalue weighted by Crippen LogP contribution is 2.35. The van der Waals surface area contributed by atoms with Crippen molar-refractivity contribution in [2.24, 2.45) is 5.92 Å². The maximum atomic E-state index is 12.3. The average Bonchev–Trinajstić information content (AvgIpc) is 2.93. The lowest BCUT2D eigenvalue weighted by Gasteiger charge is -2.20. The molecule has 1 saturated heterocycles. The average molecular weight is 312 g/mol. The molecule has 0 radical (unpaired) electrons. The second kappa shape index (κ2) is 6.13. The minimum Gasteiger partial charge on any atom is -0.469 e. The lowest BCUT2D eigenvalue weighted by molar-refractivity contribution is -0.145. The van der Waals surface area contributed by atoms with E-state index in [4.69, 9.17) is 4.74 Å². The highest BCUT2D eigenvalue weighted by molar-refractivity contribution is 7.86. The van der Waals surface area contributed by atoms with E-state index in [9.17, 15) is 13.2 Å². The lowest BCUT2D eigenvalue weighted by atomic mass is 9.89. The summed E-state index contributed by atoms with van der Waals surface area (Å²) in [5, 5.41) is 0. The quantitative estimate of drug-likeness (QED) is 0.767. The van der Waals surface area contributed by atoms with Crippen molar-refractivity contribution in [2.45, 2.75) is 5.92 Å². The van der Waals surface area contributed by atoms with Gasteiger partial charge in [-0.15, -0.1) is 0 Å². The molecule has 2 rings (SSSR count). The van der Waals surface area contributed by atoms with E-state index in [1.807, 2.05) is 30.3 Å². The second-order valence-electron chi connectivity index (χ2n) is 5.25. The molecule has 1 aliphatic heterocycles. The van der Waals surface area contributed by atoms with Crippen LogP contribution in [0.15, 0.2) is 30.3 Å². The summed E-state index contributed by atoms with van der Waals surface area (Å²) < 4.78 is 31.9. The van der Waals surface area contributed by atoms with Crippen LogP contribution in [0.25, 0.3) is 0 Å². The van der Waals surface area contributed by atoms with E-state index in [0.29, 0.717) is 0 Å². The standard InChI is InChI=1S/C14H20N2O4S/c1-15(2)21(18,19)16-9-12(11-7-5-4-6-8-11)13(10-16)14(17)20-3/h4-8,12-13H,9-10H2,1-3H3/t12-,13+/m0/s1. The van der Waals surface area contributed by atoms with Gasteiger partial charge in [0.25, 0.3) is 10.2 Å². The predicted molar refractivity (Wildman–Crippen MR) is 78.9 cm³/mol.